The van der Waals surface area contributed by atoms with Gasteiger partial charge in [-0.15, -0.1) is 11.3 Å². The maximum atomic E-state index is 12.9. The van der Waals surface area contributed by atoms with Crippen LogP contribution >= 0.6 is 11.3 Å². The van der Waals surface area contributed by atoms with E-state index in [2.05, 4.69) is 20.6 Å². The summed E-state index contributed by atoms with van der Waals surface area (Å²) in [7, 11) is 1.58. The van der Waals surface area contributed by atoms with Gasteiger partial charge in [-0.2, -0.15) is 13.8 Å². The van der Waals surface area contributed by atoms with Crippen molar-refractivity contribution < 1.29 is 17.6 Å². The Morgan fingerprint density at radius 2 is 2.11 bits per heavy atom. The van der Waals surface area contributed by atoms with Crippen LogP contribution in [0, 0.1) is 0 Å². The Kier molecular flexibility index (Phi) is 3.74. The molecule has 0 saturated carbocycles. The first-order valence-electron chi connectivity index (χ1n) is 5.27. The Morgan fingerprint density at radius 3 is 2.74 bits per heavy atom. The molecule has 0 aromatic carbocycles. The molecule has 2 heterocycles. The van der Waals surface area contributed by atoms with Crippen molar-refractivity contribution in [3.05, 3.63) is 11.4 Å². The normalized spacial score (nSPS) is 12.1. The fourth-order valence-electron chi connectivity index (χ4n) is 1.38. The van der Waals surface area contributed by atoms with E-state index < -0.39 is 18.9 Å². The van der Waals surface area contributed by atoms with Crippen LogP contribution in [-0.2, 0) is 0 Å². The quantitative estimate of drug-likeness (QED) is 0.832. The van der Waals surface area contributed by atoms with Gasteiger partial charge in [0.15, 0.2) is 0 Å². The van der Waals surface area contributed by atoms with E-state index in [1.165, 1.54) is 11.3 Å². The summed E-state index contributed by atoms with van der Waals surface area (Å²) in [6, 6.07) is 1.64. The summed E-state index contributed by atoms with van der Waals surface area (Å²) in [6.07, 6.45) is -3.72. The van der Waals surface area contributed by atoms with Crippen molar-refractivity contribution in [2.24, 2.45) is 0 Å². The molecule has 0 bridgehead atoms. The third-order valence-corrected chi connectivity index (χ3v) is 3.17. The van der Waals surface area contributed by atoms with E-state index in [4.69, 9.17) is 0 Å². The fourth-order valence-corrected chi connectivity index (χ4v) is 2.14. The van der Waals surface area contributed by atoms with Gasteiger partial charge in [0.2, 0.25) is 5.95 Å². The highest BCUT2D eigenvalue weighted by atomic mass is 32.1. The van der Waals surface area contributed by atoms with Gasteiger partial charge in [0.25, 0.3) is 0 Å². The van der Waals surface area contributed by atoms with Gasteiger partial charge < -0.3 is 10.6 Å². The van der Waals surface area contributed by atoms with E-state index in [0.29, 0.717) is 10.2 Å². The summed E-state index contributed by atoms with van der Waals surface area (Å²) < 4.78 is 49.9. The van der Waals surface area contributed by atoms with Gasteiger partial charge in [0, 0.05) is 7.05 Å². The van der Waals surface area contributed by atoms with E-state index in [-0.39, 0.29) is 11.8 Å². The second-order valence-electron chi connectivity index (χ2n) is 3.70. The fraction of sp³-hybridized carbons (Fsp3) is 0.400. The Hall–Kier alpha value is -1.64. The average Bonchev–Trinajstić information content (AvgIpc) is 2.83. The number of alkyl halides is 4. The summed E-state index contributed by atoms with van der Waals surface area (Å²) in [4.78, 5) is 8.65. The molecule has 104 valence electrons. The molecule has 0 fully saturated rings. The van der Waals surface area contributed by atoms with Crippen LogP contribution in [0.15, 0.2) is 11.4 Å². The van der Waals surface area contributed by atoms with E-state index in [9.17, 15) is 17.6 Å². The van der Waals surface area contributed by atoms with Crippen LogP contribution in [-0.4, -0.2) is 35.9 Å². The summed E-state index contributed by atoms with van der Waals surface area (Å²) >= 11 is 1.30. The van der Waals surface area contributed by atoms with Crippen molar-refractivity contribution in [1.82, 2.24) is 9.97 Å². The number of hydrogen-bond donors (Lipinski definition) is 2. The van der Waals surface area contributed by atoms with E-state index in [1.807, 2.05) is 0 Å². The lowest BCUT2D eigenvalue weighted by Crippen LogP contribution is -2.35. The molecule has 2 N–H and O–H groups in total. The molecule has 0 aliphatic heterocycles. The molecule has 19 heavy (non-hydrogen) atoms. The van der Waals surface area contributed by atoms with Crippen LogP contribution in [0.3, 0.4) is 0 Å². The lowest BCUT2D eigenvalue weighted by Gasteiger charge is -2.16. The Labute approximate surface area is 109 Å². The number of halogens is 4. The average molecular weight is 294 g/mol. The predicted molar refractivity (Wildman–Crippen MR) is 66.4 cm³/mol. The predicted octanol–water partition coefficient (Wildman–Crippen LogP) is 3.05. The lowest BCUT2D eigenvalue weighted by molar-refractivity contribution is -0.117. The Bertz CT molecular complexity index is 572. The van der Waals surface area contributed by atoms with Crippen LogP contribution in [0.5, 0.6) is 0 Å². The molecule has 2 aromatic rings. The number of nitrogens with zero attached hydrogens (tertiary/aromatic N) is 2. The molecule has 0 amide bonds. The SMILES string of the molecule is CNc1nc(NCC(F)(F)C(F)F)c2ccsc2n1. The first-order chi connectivity index (χ1) is 8.94. The molecule has 0 saturated heterocycles. The summed E-state index contributed by atoms with van der Waals surface area (Å²) in [5.41, 5.74) is 0. The highest BCUT2D eigenvalue weighted by Gasteiger charge is 2.40. The maximum absolute atomic E-state index is 12.9. The molecule has 0 unspecified atom stereocenters. The van der Waals surface area contributed by atoms with Crippen LogP contribution in [0.25, 0.3) is 10.2 Å². The molecule has 2 aromatic heterocycles. The molecule has 2 rings (SSSR count). The topological polar surface area (TPSA) is 49.8 Å². The third-order valence-electron chi connectivity index (χ3n) is 2.36. The van der Waals surface area contributed by atoms with Crippen LogP contribution < -0.4 is 10.6 Å². The molecule has 4 nitrogen and oxygen atoms in total. The van der Waals surface area contributed by atoms with E-state index in [1.54, 1.807) is 18.5 Å². The summed E-state index contributed by atoms with van der Waals surface area (Å²) in [6.45, 7) is -1.18. The van der Waals surface area contributed by atoms with E-state index in [0.717, 1.165) is 0 Å². The minimum atomic E-state index is -4.10. The molecular weight excluding hydrogens is 284 g/mol. The zero-order valence-electron chi connectivity index (χ0n) is 9.75. The number of thiophene rings is 1. The van der Waals surface area contributed by atoms with Gasteiger partial charge in [-0.3, -0.25) is 0 Å². The van der Waals surface area contributed by atoms with Crippen molar-refractivity contribution in [3.8, 4) is 0 Å². The van der Waals surface area contributed by atoms with Gasteiger partial charge in [-0.05, 0) is 11.4 Å². The lowest BCUT2D eigenvalue weighted by atomic mass is 10.3. The molecular formula is C10H10F4N4S. The third kappa shape index (κ3) is 2.86. The van der Waals surface area contributed by atoms with Crippen molar-refractivity contribution in [3.63, 3.8) is 0 Å². The summed E-state index contributed by atoms with van der Waals surface area (Å²) in [5, 5.41) is 7.17. The van der Waals surface area contributed by atoms with Crippen molar-refractivity contribution >= 4 is 33.3 Å². The second kappa shape index (κ2) is 5.16. The molecule has 9 heteroatoms. The van der Waals surface area contributed by atoms with Crippen molar-refractivity contribution in [2.75, 3.05) is 24.2 Å². The number of fused-ring (bicyclic) bond motifs is 1. The Morgan fingerprint density at radius 1 is 1.37 bits per heavy atom. The van der Waals surface area contributed by atoms with Gasteiger partial charge >= 0.3 is 12.3 Å². The van der Waals surface area contributed by atoms with Gasteiger partial charge in [0.1, 0.15) is 10.6 Å². The molecule has 0 aliphatic rings. The highest BCUT2D eigenvalue weighted by molar-refractivity contribution is 7.16. The first-order valence-corrected chi connectivity index (χ1v) is 6.15. The summed E-state index contributed by atoms with van der Waals surface area (Å²) in [5.74, 6) is -3.76. The van der Waals surface area contributed by atoms with Crippen molar-refractivity contribution in [2.45, 2.75) is 12.3 Å². The van der Waals surface area contributed by atoms with Gasteiger partial charge in [0.05, 0.1) is 11.9 Å². The number of hydrogen-bond acceptors (Lipinski definition) is 5. The highest BCUT2D eigenvalue weighted by Crippen LogP contribution is 2.28. The minimum Gasteiger partial charge on any atom is -0.363 e. The zero-order chi connectivity index (χ0) is 14.0. The molecule has 0 spiro atoms. The first kappa shape index (κ1) is 13.8. The molecule has 0 aliphatic carbocycles. The monoisotopic (exact) mass is 294 g/mol. The van der Waals surface area contributed by atoms with Gasteiger partial charge in [-0.1, -0.05) is 0 Å². The molecule has 0 radical (unpaired) electrons. The van der Waals surface area contributed by atoms with Crippen LogP contribution in [0.2, 0.25) is 0 Å². The Balaban J connectivity index is 2.27. The standard InChI is InChI=1S/C10H10F4N4S/c1-15-9-17-6(5-2-3-19-7(5)18-9)16-4-10(13,14)8(11)12/h2-3,8H,4H2,1H3,(H2,15,16,17,18). The number of nitrogens with one attached hydrogen (secondary N) is 2. The molecule has 0 atom stereocenters. The van der Waals surface area contributed by atoms with Crippen LogP contribution in [0.1, 0.15) is 0 Å². The maximum Gasteiger partial charge on any atom is 0.324 e. The number of anilines is 2. The number of aromatic nitrogens is 2. The van der Waals surface area contributed by atoms with Gasteiger partial charge in [-0.25, -0.2) is 13.8 Å². The zero-order valence-corrected chi connectivity index (χ0v) is 10.6. The second-order valence-corrected chi connectivity index (χ2v) is 4.60. The van der Waals surface area contributed by atoms with E-state index >= 15 is 0 Å². The smallest absolute Gasteiger partial charge is 0.324 e. The number of rotatable bonds is 5. The van der Waals surface area contributed by atoms with Crippen molar-refractivity contribution in [1.29, 1.82) is 0 Å². The minimum absolute atomic E-state index is 0.107. The van der Waals surface area contributed by atoms with Crippen LogP contribution in [0.4, 0.5) is 29.3 Å². The largest absolute Gasteiger partial charge is 0.363 e.